The summed E-state index contributed by atoms with van der Waals surface area (Å²) in [5.74, 6) is -0.636. The molecule has 2 amide bonds. The SMILES string of the molecule is CNC(=O)C(C)(C)CNC(=O)c1cc(Cl)nnc1Cl. The molecule has 0 aromatic carbocycles. The van der Waals surface area contributed by atoms with Crippen LogP contribution in [0.25, 0.3) is 0 Å². The lowest BCUT2D eigenvalue weighted by molar-refractivity contribution is -0.128. The van der Waals surface area contributed by atoms with Crippen molar-refractivity contribution < 1.29 is 9.59 Å². The van der Waals surface area contributed by atoms with Gasteiger partial charge in [0.25, 0.3) is 5.91 Å². The normalized spacial score (nSPS) is 11.0. The van der Waals surface area contributed by atoms with Gasteiger partial charge in [0.15, 0.2) is 10.3 Å². The number of nitrogens with zero attached hydrogens (tertiary/aromatic N) is 2. The highest BCUT2D eigenvalue weighted by Crippen LogP contribution is 2.17. The van der Waals surface area contributed by atoms with Crippen molar-refractivity contribution in [2.24, 2.45) is 5.41 Å². The van der Waals surface area contributed by atoms with Crippen molar-refractivity contribution in [1.29, 1.82) is 0 Å². The predicted octanol–water partition coefficient (Wildman–Crippen LogP) is 1.29. The molecule has 0 unspecified atom stereocenters. The first-order valence-electron chi connectivity index (χ1n) is 5.47. The number of carbonyl (C=O) groups is 2. The Bertz CT molecular complexity index is 505. The number of hydrogen-bond donors (Lipinski definition) is 2. The van der Waals surface area contributed by atoms with Crippen molar-refractivity contribution in [3.05, 3.63) is 21.9 Å². The van der Waals surface area contributed by atoms with Crippen LogP contribution in [0.15, 0.2) is 6.07 Å². The summed E-state index contributed by atoms with van der Waals surface area (Å²) in [5.41, 5.74) is -0.615. The fourth-order valence-electron chi connectivity index (χ4n) is 1.33. The molecule has 0 saturated carbocycles. The zero-order chi connectivity index (χ0) is 14.6. The van der Waals surface area contributed by atoms with Crippen molar-refractivity contribution in [1.82, 2.24) is 20.8 Å². The van der Waals surface area contributed by atoms with Gasteiger partial charge in [0.05, 0.1) is 11.0 Å². The Morgan fingerprint density at radius 2 is 1.95 bits per heavy atom. The topological polar surface area (TPSA) is 84.0 Å². The summed E-state index contributed by atoms with van der Waals surface area (Å²) >= 11 is 11.4. The molecule has 0 aliphatic carbocycles. The van der Waals surface area contributed by atoms with E-state index in [1.807, 2.05) is 0 Å². The molecule has 0 bridgehead atoms. The van der Waals surface area contributed by atoms with Crippen LogP contribution in [0.5, 0.6) is 0 Å². The molecule has 104 valence electrons. The molecule has 6 nitrogen and oxygen atoms in total. The Hall–Kier alpha value is -1.40. The van der Waals surface area contributed by atoms with Crippen molar-refractivity contribution >= 4 is 35.0 Å². The van der Waals surface area contributed by atoms with Crippen LogP contribution in [0.4, 0.5) is 0 Å². The molecule has 0 radical (unpaired) electrons. The van der Waals surface area contributed by atoms with E-state index in [2.05, 4.69) is 20.8 Å². The van der Waals surface area contributed by atoms with Gasteiger partial charge in [0.2, 0.25) is 5.91 Å². The predicted molar refractivity (Wildman–Crippen MR) is 72.2 cm³/mol. The van der Waals surface area contributed by atoms with Crippen LogP contribution in [0.1, 0.15) is 24.2 Å². The zero-order valence-corrected chi connectivity index (χ0v) is 12.3. The van der Waals surface area contributed by atoms with Gasteiger partial charge in [-0.3, -0.25) is 9.59 Å². The maximum absolute atomic E-state index is 11.9. The Labute approximate surface area is 120 Å². The second-order valence-electron chi connectivity index (χ2n) is 4.52. The number of hydrogen-bond acceptors (Lipinski definition) is 4. The van der Waals surface area contributed by atoms with Gasteiger partial charge in [-0.15, -0.1) is 10.2 Å². The summed E-state index contributed by atoms with van der Waals surface area (Å²) in [6.45, 7) is 3.58. The van der Waals surface area contributed by atoms with Gasteiger partial charge in [0, 0.05) is 13.6 Å². The number of carbonyl (C=O) groups excluding carboxylic acids is 2. The molecular weight excluding hydrogens is 291 g/mol. The zero-order valence-electron chi connectivity index (χ0n) is 10.8. The standard InChI is InChI=1S/C11H14Cl2N4O2/c1-11(2,10(19)14-3)5-15-9(18)6-4-7(12)16-17-8(6)13/h4H,5H2,1-3H3,(H,14,19)(H,15,18). The van der Waals surface area contributed by atoms with Gasteiger partial charge >= 0.3 is 0 Å². The van der Waals surface area contributed by atoms with Crippen LogP contribution in [0.3, 0.4) is 0 Å². The molecule has 1 rings (SSSR count). The number of nitrogens with one attached hydrogen (secondary N) is 2. The van der Waals surface area contributed by atoms with E-state index in [0.29, 0.717) is 0 Å². The van der Waals surface area contributed by atoms with E-state index >= 15 is 0 Å². The molecule has 0 fully saturated rings. The van der Waals surface area contributed by atoms with Crippen LogP contribution in [0.2, 0.25) is 10.3 Å². The second kappa shape index (κ2) is 6.16. The summed E-state index contributed by atoms with van der Waals surface area (Å²) in [6.07, 6.45) is 0. The highest BCUT2D eigenvalue weighted by molar-refractivity contribution is 6.34. The molecule has 0 atom stereocenters. The van der Waals surface area contributed by atoms with Crippen molar-refractivity contribution in [3.63, 3.8) is 0 Å². The lowest BCUT2D eigenvalue weighted by Crippen LogP contribution is -2.43. The van der Waals surface area contributed by atoms with Gasteiger partial charge < -0.3 is 10.6 Å². The van der Waals surface area contributed by atoms with E-state index < -0.39 is 11.3 Å². The van der Waals surface area contributed by atoms with E-state index in [0.717, 1.165) is 0 Å². The van der Waals surface area contributed by atoms with Crippen LogP contribution in [-0.4, -0.2) is 35.6 Å². The average molecular weight is 305 g/mol. The summed E-state index contributed by atoms with van der Waals surface area (Å²) < 4.78 is 0. The van der Waals surface area contributed by atoms with Gasteiger partial charge in [-0.05, 0) is 19.9 Å². The number of rotatable bonds is 4. The number of aromatic nitrogens is 2. The van der Waals surface area contributed by atoms with Gasteiger partial charge in [0.1, 0.15) is 0 Å². The minimum atomic E-state index is -0.735. The molecule has 0 aliphatic rings. The smallest absolute Gasteiger partial charge is 0.254 e. The minimum absolute atomic E-state index is 0.0420. The Balaban J connectivity index is 2.76. The molecule has 0 saturated heterocycles. The maximum atomic E-state index is 11.9. The molecule has 0 spiro atoms. The minimum Gasteiger partial charge on any atom is -0.359 e. The highest BCUT2D eigenvalue weighted by atomic mass is 35.5. The number of amides is 2. The van der Waals surface area contributed by atoms with E-state index in [1.54, 1.807) is 13.8 Å². The fraction of sp³-hybridized carbons (Fsp3) is 0.455. The van der Waals surface area contributed by atoms with E-state index in [9.17, 15) is 9.59 Å². The van der Waals surface area contributed by atoms with Crippen LogP contribution in [-0.2, 0) is 4.79 Å². The quantitative estimate of drug-likeness (QED) is 0.878. The van der Waals surface area contributed by atoms with Crippen LogP contribution in [0, 0.1) is 5.41 Å². The van der Waals surface area contributed by atoms with Crippen molar-refractivity contribution in [3.8, 4) is 0 Å². The molecule has 8 heteroatoms. The highest BCUT2D eigenvalue weighted by Gasteiger charge is 2.27. The Morgan fingerprint density at radius 3 is 2.53 bits per heavy atom. The van der Waals surface area contributed by atoms with E-state index in [-0.39, 0.29) is 28.3 Å². The summed E-state index contributed by atoms with van der Waals surface area (Å²) in [7, 11) is 1.54. The number of halogens is 2. The first-order valence-corrected chi connectivity index (χ1v) is 6.22. The largest absolute Gasteiger partial charge is 0.359 e. The lowest BCUT2D eigenvalue weighted by Gasteiger charge is -2.22. The van der Waals surface area contributed by atoms with Crippen molar-refractivity contribution in [2.75, 3.05) is 13.6 Å². The summed E-state index contributed by atoms with van der Waals surface area (Å²) in [6, 6.07) is 1.32. The Morgan fingerprint density at radius 1 is 1.32 bits per heavy atom. The average Bonchev–Trinajstić information content (AvgIpc) is 2.37. The van der Waals surface area contributed by atoms with Crippen LogP contribution < -0.4 is 10.6 Å². The van der Waals surface area contributed by atoms with Crippen molar-refractivity contribution in [2.45, 2.75) is 13.8 Å². The van der Waals surface area contributed by atoms with Gasteiger partial charge in [-0.1, -0.05) is 23.2 Å². The van der Waals surface area contributed by atoms with Crippen LogP contribution >= 0.6 is 23.2 Å². The van der Waals surface area contributed by atoms with E-state index in [4.69, 9.17) is 23.2 Å². The van der Waals surface area contributed by atoms with E-state index in [1.165, 1.54) is 13.1 Å². The molecule has 2 N–H and O–H groups in total. The monoisotopic (exact) mass is 304 g/mol. The lowest BCUT2D eigenvalue weighted by atomic mass is 9.92. The fourth-order valence-corrected chi connectivity index (χ4v) is 1.65. The second-order valence-corrected chi connectivity index (χ2v) is 5.26. The first-order chi connectivity index (χ1) is 8.77. The third-order valence-electron chi connectivity index (χ3n) is 2.50. The molecule has 1 aromatic rings. The third kappa shape index (κ3) is 4.04. The molecule has 1 heterocycles. The molecule has 19 heavy (non-hydrogen) atoms. The molecule has 1 aromatic heterocycles. The third-order valence-corrected chi connectivity index (χ3v) is 2.96. The first kappa shape index (κ1) is 15.7. The Kier molecular flexibility index (Phi) is 5.08. The van der Waals surface area contributed by atoms with Gasteiger partial charge in [-0.25, -0.2) is 0 Å². The molecular formula is C11H14Cl2N4O2. The molecule has 0 aliphatic heterocycles. The van der Waals surface area contributed by atoms with Gasteiger partial charge in [-0.2, -0.15) is 0 Å². The summed E-state index contributed by atoms with van der Waals surface area (Å²) in [4.78, 5) is 23.5. The maximum Gasteiger partial charge on any atom is 0.254 e. The summed E-state index contributed by atoms with van der Waals surface area (Å²) in [5, 5.41) is 12.2.